The Morgan fingerprint density at radius 1 is 0.906 bits per heavy atom. The van der Waals surface area contributed by atoms with E-state index in [1.165, 1.54) is 36.1 Å². The fourth-order valence-corrected chi connectivity index (χ4v) is 4.81. The van der Waals surface area contributed by atoms with Crippen molar-refractivity contribution in [3.63, 3.8) is 0 Å². The molecule has 2 aromatic carbocycles. The first-order valence-electron chi connectivity index (χ1n) is 10.0. The minimum absolute atomic E-state index is 0.0182. The minimum atomic E-state index is -4.29. The lowest BCUT2D eigenvalue weighted by molar-refractivity contribution is -0.138. The number of hydrogen-bond donors (Lipinski definition) is 1. The zero-order chi connectivity index (χ0) is 23.5. The summed E-state index contributed by atoms with van der Waals surface area (Å²) >= 11 is 0. The van der Waals surface area contributed by atoms with Crippen molar-refractivity contribution in [2.24, 2.45) is 0 Å². The van der Waals surface area contributed by atoms with Crippen LogP contribution in [0.4, 0.5) is 4.39 Å². The molecule has 32 heavy (non-hydrogen) atoms. The maximum Gasteiger partial charge on any atom is 0.261 e. The molecule has 170 valence electrons. The van der Waals surface area contributed by atoms with Crippen LogP contribution in [0, 0.1) is 12.7 Å². The third-order valence-corrected chi connectivity index (χ3v) is 7.16. The molecule has 1 fully saturated rings. The first-order chi connectivity index (χ1) is 15.1. The van der Waals surface area contributed by atoms with Gasteiger partial charge in [-0.05, 0) is 43.3 Å². The number of sulfone groups is 1. The van der Waals surface area contributed by atoms with E-state index in [0.717, 1.165) is 17.7 Å². The fourth-order valence-electron chi connectivity index (χ4n) is 3.35. The van der Waals surface area contributed by atoms with Crippen LogP contribution in [0.2, 0.25) is 0 Å². The summed E-state index contributed by atoms with van der Waals surface area (Å²) in [4.78, 5) is 40.3. The van der Waals surface area contributed by atoms with Crippen LogP contribution in [0.3, 0.4) is 0 Å². The summed E-state index contributed by atoms with van der Waals surface area (Å²) in [5.41, 5.74) is 0.854. The standard InChI is InChI=1S/C22H24FN3O5S/c1-15-3-9-19(10-4-15)32(30,31)21(24-20(28)17-5-7-18(23)8-6-17)22(29)26-13-11-25(12-14-26)16(2)27/h3-10,21H,11-14H2,1-2H3,(H,24,28)/t21-/m1/s1. The van der Waals surface area contributed by atoms with Gasteiger partial charge in [0.05, 0.1) is 4.90 Å². The molecule has 1 heterocycles. The molecule has 0 spiro atoms. The van der Waals surface area contributed by atoms with Crippen molar-refractivity contribution in [2.45, 2.75) is 24.1 Å². The second-order valence-electron chi connectivity index (χ2n) is 7.55. The molecule has 8 nitrogen and oxygen atoms in total. The van der Waals surface area contributed by atoms with Gasteiger partial charge in [-0.25, -0.2) is 12.8 Å². The number of hydrogen-bond acceptors (Lipinski definition) is 5. The Kier molecular flexibility index (Phi) is 6.93. The Morgan fingerprint density at radius 2 is 1.44 bits per heavy atom. The molecule has 10 heteroatoms. The second kappa shape index (κ2) is 9.47. The molecule has 1 aliphatic heterocycles. The molecular weight excluding hydrogens is 437 g/mol. The van der Waals surface area contributed by atoms with Gasteiger partial charge in [0.15, 0.2) is 0 Å². The van der Waals surface area contributed by atoms with Crippen molar-refractivity contribution in [1.29, 1.82) is 0 Å². The van der Waals surface area contributed by atoms with E-state index in [2.05, 4.69) is 5.32 Å². The van der Waals surface area contributed by atoms with Crippen molar-refractivity contribution in [2.75, 3.05) is 26.2 Å². The molecule has 1 aliphatic rings. The Balaban J connectivity index is 1.90. The number of aryl methyl sites for hydroxylation is 1. The van der Waals surface area contributed by atoms with Crippen molar-refractivity contribution in [1.82, 2.24) is 15.1 Å². The van der Waals surface area contributed by atoms with Crippen LogP contribution in [0.5, 0.6) is 0 Å². The normalized spacial score (nSPS) is 15.2. The van der Waals surface area contributed by atoms with Gasteiger partial charge < -0.3 is 15.1 Å². The van der Waals surface area contributed by atoms with E-state index >= 15 is 0 Å². The summed E-state index contributed by atoms with van der Waals surface area (Å²) in [5, 5.41) is 0.447. The average Bonchev–Trinajstić information content (AvgIpc) is 2.77. The minimum Gasteiger partial charge on any atom is -0.339 e. The summed E-state index contributed by atoms with van der Waals surface area (Å²) < 4.78 is 39.9. The predicted molar refractivity (Wildman–Crippen MR) is 115 cm³/mol. The highest BCUT2D eigenvalue weighted by molar-refractivity contribution is 7.92. The zero-order valence-corrected chi connectivity index (χ0v) is 18.6. The molecule has 1 atom stereocenters. The number of benzene rings is 2. The summed E-state index contributed by atoms with van der Waals surface area (Å²) in [6.07, 6.45) is 0. The Labute approximate surface area is 185 Å². The molecule has 3 rings (SSSR count). The van der Waals surface area contributed by atoms with E-state index in [1.54, 1.807) is 24.0 Å². The van der Waals surface area contributed by atoms with E-state index in [0.29, 0.717) is 0 Å². The monoisotopic (exact) mass is 461 g/mol. The van der Waals surface area contributed by atoms with Crippen LogP contribution in [-0.2, 0) is 19.4 Å². The van der Waals surface area contributed by atoms with Crippen LogP contribution >= 0.6 is 0 Å². The maximum absolute atomic E-state index is 13.3. The van der Waals surface area contributed by atoms with E-state index in [1.807, 2.05) is 0 Å². The Morgan fingerprint density at radius 3 is 1.97 bits per heavy atom. The topological polar surface area (TPSA) is 104 Å². The maximum atomic E-state index is 13.3. The van der Waals surface area contributed by atoms with Gasteiger partial charge in [0.2, 0.25) is 21.1 Å². The highest BCUT2D eigenvalue weighted by atomic mass is 32.2. The van der Waals surface area contributed by atoms with Gasteiger partial charge in [0.25, 0.3) is 11.8 Å². The predicted octanol–water partition coefficient (Wildman–Crippen LogP) is 1.35. The average molecular weight is 462 g/mol. The third kappa shape index (κ3) is 5.13. The molecule has 0 aromatic heterocycles. The van der Waals surface area contributed by atoms with Crippen LogP contribution in [0.25, 0.3) is 0 Å². The van der Waals surface area contributed by atoms with Gasteiger partial charge >= 0.3 is 0 Å². The second-order valence-corrected chi connectivity index (χ2v) is 9.58. The molecule has 2 aromatic rings. The molecule has 0 bridgehead atoms. The number of rotatable bonds is 5. The highest BCUT2D eigenvalue weighted by Gasteiger charge is 2.39. The number of nitrogens with zero attached hydrogens (tertiary/aromatic N) is 2. The van der Waals surface area contributed by atoms with E-state index in [9.17, 15) is 27.2 Å². The molecular formula is C22H24FN3O5S. The first kappa shape index (κ1) is 23.4. The molecule has 3 amide bonds. The lowest BCUT2D eigenvalue weighted by Crippen LogP contribution is -2.57. The summed E-state index contributed by atoms with van der Waals surface area (Å²) in [6.45, 7) is 4.04. The van der Waals surface area contributed by atoms with E-state index in [-0.39, 0.29) is 42.5 Å². The van der Waals surface area contributed by atoms with Crippen LogP contribution in [0.1, 0.15) is 22.8 Å². The largest absolute Gasteiger partial charge is 0.339 e. The lowest BCUT2D eigenvalue weighted by Gasteiger charge is -2.36. The number of halogens is 1. The number of carbonyl (C=O) groups excluding carboxylic acids is 3. The molecule has 0 radical (unpaired) electrons. The van der Waals surface area contributed by atoms with Crippen LogP contribution in [0.15, 0.2) is 53.4 Å². The highest BCUT2D eigenvalue weighted by Crippen LogP contribution is 2.19. The van der Waals surface area contributed by atoms with Crippen molar-refractivity contribution >= 4 is 27.6 Å². The number of amides is 3. The zero-order valence-electron chi connectivity index (χ0n) is 17.7. The summed E-state index contributed by atoms with van der Waals surface area (Å²) in [7, 11) is -4.29. The Hall–Kier alpha value is -3.27. The van der Waals surface area contributed by atoms with Crippen LogP contribution in [-0.4, -0.2) is 67.5 Å². The van der Waals surface area contributed by atoms with Gasteiger partial charge in [0, 0.05) is 38.7 Å². The SMILES string of the molecule is CC(=O)N1CCN(C(=O)[C@H](NC(=O)c2ccc(F)cc2)S(=O)(=O)c2ccc(C)cc2)CC1. The Bertz CT molecular complexity index is 1110. The van der Waals surface area contributed by atoms with Gasteiger partial charge in [-0.1, -0.05) is 17.7 Å². The van der Waals surface area contributed by atoms with Gasteiger partial charge in [-0.15, -0.1) is 0 Å². The van der Waals surface area contributed by atoms with E-state index in [4.69, 9.17) is 0 Å². The number of nitrogens with one attached hydrogen (secondary N) is 1. The first-order valence-corrected chi connectivity index (χ1v) is 11.6. The molecule has 0 aliphatic carbocycles. The molecule has 0 saturated carbocycles. The van der Waals surface area contributed by atoms with E-state index < -0.39 is 32.8 Å². The molecule has 1 N–H and O–H groups in total. The van der Waals surface area contributed by atoms with Crippen molar-refractivity contribution < 1.29 is 27.2 Å². The lowest BCUT2D eigenvalue weighted by atomic mass is 10.2. The third-order valence-electron chi connectivity index (χ3n) is 5.29. The van der Waals surface area contributed by atoms with Crippen molar-refractivity contribution in [3.8, 4) is 0 Å². The molecule has 1 saturated heterocycles. The summed E-state index contributed by atoms with van der Waals surface area (Å²) in [6, 6.07) is 10.5. The van der Waals surface area contributed by atoms with Crippen LogP contribution < -0.4 is 5.32 Å². The molecule has 0 unspecified atom stereocenters. The summed E-state index contributed by atoms with van der Waals surface area (Å²) in [5.74, 6) is -2.29. The number of piperazine rings is 1. The van der Waals surface area contributed by atoms with Crippen molar-refractivity contribution in [3.05, 3.63) is 65.5 Å². The van der Waals surface area contributed by atoms with Gasteiger partial charge in [-0.3, -0.25) is 14.4 Å². The number of carbonyl (C=O) groups is 3. The van der Waals surface area contributed by atoms with Gasteiger partial charge in [0.1, 0.15) is 5.82 Å². The van der Waals surface area contributed by atoms with Gasteiger partial charge in [-0.2, -0.15) is 0 Å². The fraction of sp³-hybridized carbons (Fsp3) is 0.318. The smallest absolute Gasteiger partial charge is 0.261 e. The quantitative estimate of drug-likeness (QED) is 0.724.